The zero-order valence-electron chi connectivity index (χ0n) is 22.2. The Hall–Kier alpha value is -2.48. The zero-order valence-corrected chi connectivity index (χ0v) is 23.8. The molecule has 4 aliphatic rings. The molecule has 208 valence electrons. The standard InChI is InChI=1S/C31H37ClN2O4S/c1-39(37)15-4-2-3-7-28(35)25-11-8-23(25)18-34-19-31(14-5-6-21-16-24(32)10-12-26(21)31)20-38-29-13-9-22(17-27(29)34)30(36)33-39/h2,4,9-10,12-13,16-17,23,25,28,35H,1,3,5-8,11,14-15,18-20H2,(H,33,36,37)/b4-2+/t23-,25+,28-,31-,39?/m0/s1. The number of aryl methyl sites for hydroxylation is 1. The van der Waals surface area contributed by atoms with Crippen LogP contribution in [0.3, 0.4) is 0 Å². The Labute approximate surface area is 236 Å². The lowest BCUT2D eigenvalue weighted by molar-refractivity contribution is 0.0112. The minimum absolute atomic E-state index is 0.160. The molecule has 6 rings (SSSR count). The van der Waals surface area contributed by atoms with Crippen molar-refractivity contribution in [3.05, 3.63) is 70.3 Å². The highest BCUT2D eigenvalue weighted by atomic mass is 35.5. The SMILES string of the molecule is C=S1(=O)C/C=C/CC[C@H](O)[C@@H]2CC[C@H]2CN2C[C@@]3(CCCc4cc(Cl)ccc43)COc3ccc(cc32)C(=O)N1. The number of carbonyl (C=O) groups is 1. The molecule has 5 atom stereocenters. The van der Waals surface area contributed by atoms with Gasteiger partial charge in [0.25, 0.3) is 5.91 Å². The number of fused-ring (bicyclic) bond motifs is 4. The average Bonchev–Trinajstić information content (AvgIpc) is 3.02. The molecule has 2 aliphatic carbocycles. The van der Waals surface area contributed by atoms with Crippen molar-refractivity contribution >= 4 is 38.8 Å². The lowest BCUT2D eigenvalue weighted by atomic mass is 9.68. The minimum Gasteiger partial charge on any atom is -0.490 e. The fourth-order valence-electron chi connectivity index (χ4n) is 6.96. The minimum atomic E-state index is -2.84. The van der Waals surface area contributed by atoms with Gasteiger partial charge in [-0.2, -0.15) is 0 Å². The largest absolute Gasteiger partial charge is 0.490 e. The number of rotatable bonds is 0. The summed E-state index contributed by atoms with van der Waals surface area (Å²) in [6.45, 7) is 2.09. The summed E-state index contributed by atoms with van der Waals surface area (Å²) >= 11 is 6.38. The maximum Gasteiger partial charge on any atom is 0.262 e. The molecule has 8 heteroatoms. The van der Waals surface area contributed by atoms with Crippen LogP contribution in [0.5, 0.6) is 5.75 Å². The molecule has 1 saturated carbocycles. The molecule has 2 aromatic carbocycles. The monoisotopic (exact) mass is 568 g/mol. The number of aliphatic hydroxyl groups excluding tert-OH is 1. The molecule has 2 aromatic rings. The van der Waals surface area contributed by atoms with Crippen LogP contribution in [0.2, 0.25) is 5.02 Å². The summed E-state index contributed by atoms with van der Waals surface area (Å²) in [5, 5.41) is 11.8. The first-order chi connectivity index (χ1) is 18.7. The van der Waals surface area contributed by atoms with Crippen molar-refractivity contribution in [1.29, 1.82) is 0 Å². The first kappa shape index (κ1) is 26.7. The second kappa shape index (κ2) is 10.5. The van der Waals surface area contributed by atoms with Gasteiger partial charge in [-0.25, -0.2) is 4.21 Å². The van der Waals surface area contributed by atoms with Gasteiger partial charge in [0.2, 0.25) is 0 Å². The number of anilines is 1. The summed E-state index contributed by atoms with van der Waals surface area (Å²) < 4.78 is 22.2. The van der Waals surface area contributed by atoms with Gasteiger partial charge in [-0.3, -0.25) is 9.52 Å². The van der Waals surface area contributed by atoms with E-state index >= 15 is 0 Å². The number of amides is 1. The summed E-state index contributed by atoms with van der Waals surface area (Å²) in [7, 11) is -2.84. The van der Waals surface area contributed by atoms with E-state index in [1.165, 1.54) is 11.1 Å². The van der Waals surface area contributed by atoms with Gasteiger partial charge in [0, 0.05) is 29.1 Å². The number of halogens is 1. The first-order valence-electron chi connectivity index (χ1n) is 14.0. The van der Waals surface area contributed by atoms with Crippen LogP contribution in [0.1, 0.15) is 60.0 Å². The lowest BCUT2D eigenvalue weighted by Gasteiger charge is -2.45. The fraction of sp³-hybridized carbons (Fsp3) is 0.484. The summed E-state index contributed by atoms with van der Waals surface area (Å²) in [6, 6.07) is 11.7. The van der Waals surface area contributed by atoms with Gasteiger partial charge in [0.1, 0.15) is 5.75 Å². The molecular weight excluding hydrogens is 532 g/mol. The molecule has 0 saturated heterocycles. The third kappa shape index (κ3) is 5.33. The Kier molecular flexibility index (Phi) is 7.19. The highest BCUT2D eigenvalue weighted by Gasteiger charge is 2.44. The van der Waals surface area contributed by atoms with Gasteiger partial charge >= 0.3 is 0 Å². The Morgan fingerprint density at radius 2 is 2.03 bits per heavy atom. The number of hydrogen-bond acceptors (Lipinski definition) is 5. The Balaban J connectivity index is 1.41. The molecule has 1 amide bonds. The number of nitrogens with one attached hydrogen (secondary N) is 1. The predicted molar refractivity (Wildman–Crippen MR) is 158 cm³/mol. The van der Waals surface area contributed by atoms with Crippen molar-refractivity contribution in [2.24, 2.45) is 11.8 Å². The Morgan fingerprint density at radius 1 is 1.15 bits per heavy atom. The van der Waals surface area contributed by atoms with Crippen molar-refractivity contribution in [2.75, 3.05) is 30.3 Å². The third-order valence-corrected chi connectivity index (χ3v) is 10.7. The molecule has 0 aromatic heterocycles. The van der Waals surface area contributed by atoms with E-state index in [4.69, 9.17) is 16.3 Å². The van der Waals surface area contributed by atoms with E-state index in [2.05, 4.69) is 27.6 Å². The van der Waals surface area contributed by atoms with Crippen molar-refractivity contribution in [2.45, 2.75) is 56.5 Å². The van der Waals surface area contributed by atoms with E-state index in [1.807, 2.05) is 24.3 Å². The van der Waals surface area contributed by atoms with Crippen molar-refractivity contribution < 1.29 is 18.8 Å². The number of ether oxygens (including phenoxy) is 1. The van der Waals surface area contributed by atoms with Crippen LogP contribution < -0.4 is 14.4 Å². The fourth-order valence-corrected chi connectivity index (χ4v) is 8.14. The van der Waals surface area contributed by atoms with Crippen LogP contribution in [0.25, 0.3) is 0 Å². The van der Waals surface area contributed by atoms with Gasteiger partial charge in [0.15, 0.2) is 0 Å². The molecule has 0 radical (unpaired) electrons. The third-order valence-electron chi connectivity index (χ3n) is 9.16. The highest BCUT2D eigenvalue weighted by molar-refractivity contribution is 7.99. The van der Waals surface area contributed by atoms with E-state index in [0.29, 0.717) is 30.9 Å². The van der Waals surface area contributed by atoms with E-state index in [-0.39, 0.29) is 23.2 Å². The van der Waals surface area contributed by atoms with Gasteiger partial charge in [-0.15, -0.1) is 0 Å². The van der Waals surface area contributed by atoms with E-state index in [1.54, 1.807) is 12.1 Å². The summed E-state index contributed by atoms with van der Waals surface area (Å²) in [5.41, 5.74) is 3.69. The van der Waals surface area contributed by atoms with E-state index in [9.17, 15) is 14.1 Å². The van der Waals surface area contributed by atoms with E-state index in [0.717, 1.165) is 61.7 Å². The number of benzene rings is 2. The summed E-state index contributed by atoms with van der Waals surface area (Å²) in [6.07, 6.45) is 9.92. The molecule has 2 heterocycles. The second-order valence-electron chi connectivity index (χ2n) is 11.8. The van der Waals surface area contributed by atoms with E-state index < -0.39 is 15.6 Å². The summed E-state index contributed by atoms with van der Waals surface area (Å²) in [5.74, 6) is 4.90. The molecule has 2 aliphatic heterocycles. The molecular formula is C31H37ClN2O4S. The van der Waals surface area contributed by atoms with Crippen molar-refractivity contribution in [3.8, 4) is 5.75 Å². The van der Waals surface area contributed by atoms with Gasteiger partial charge < -0.3 is 14.7 Å². The van der Waals surface area contributed by atoms with Crippen molar-refractivity contribution in [3.63, 3.8) is 0 Å². The first-order valence-corrected chi connectivity index (χ1v) is 16.3. The number of nitrogens with zero attached hydrogens (tertiary/aromatic N) is 1. The van der Waals surface area contributed by atoms with Crippen molar-refractivity contribution in [1.82, 2.24) is 4.72 Å². The average molecular weight is 569 g/mol. The zero-order chi connectivity index (χ0) is 27.2. The molecule has 39 heavy (non-hydrogen) atoms. The number of allylic oxidation sites excluding steroid dienone is 1. The normalized spacial score (nSPS) is 33.5. The maximum absolute atomic E-state index is 13.2. The van der Waals surface area contributed by atoms with Crippen LogP contribution in [0.4, 0.5) is 5.69 Å². The van der Waals surface area contributed by atoms with Crippen LogP contribution in [-0.2, 0) is 21.5 Å². The summed E-state index contributed by atoms with van der Waals surface area (Å²) in [4.78, 5) is 15.6. The van der Waals surface area contributed by atoms with Crippen LogP contribution in [0.15, 0.2) is 48.6 Å². The van der Waals surface area contributed by atoms with Gasteiger partial charge in [-0.05, 0) is 104 Å². The smallest absolute Gasteiger partial charge is 0.262 e. The van der Waals surface area contributed by atoms with Gasteiger partial charge in [-0.1, -0.05) is 29.8 Å². The van der Waals surface area contributed by atoms with Crippen LogP contribution in [-0.4, -0.2) is 52.6 Å². The van der Waals surface area contributed by atoms with Gasteiger partial charge in [0.05, 0.1) is 33.9 Å². The van der Waals surface area contributed by atoms with Crippen LogP contribution >= 0.6 is 11.6 Å². The molecule has 1 spiro atoms. The number of hydrogen-bond donors (Lipinski definition) is 2. The number of aliphatic hydroxyl groups is 1. The number of carbonyl (C=O) groups excluding carboxylic acids is 1. The second-order valence-corrected chi connectivity index (χ2v) is 14.4. The molecule has 1 fully saturated rings. The molecule has 2 N–H and O–H groups in total. The van der Waals surface area contributed by atoms with Crippen LogP contribution in [0, 0.1) is 11.8 Å². The Morgan fingerprint density at radius 3 is 2.85 bits per heavy atom. The topological polar surface area (TPSA) is 78.9 Å². The molecule has 2 bridgehead atoms. The maximum atomic E-state index is 13.2. The molecule has 1 unspecified atom stereocenters. The molecule has 6 nitrogen and oxygen atoms in total. The lowest BCUT2D eigenvalue weighted by Crippen LogP contribution is -2.49. The highest BCUT2D eigenvalue weighted by Crippen LogP contribution is 2.46. The Bertz CT molecular complexity index is 1410. The predicted octanol–water partition coefficient (Wildman–Crippen LogP) is 4.91. The quantitative estimate of drug-likeness (QED) is 0.349.